The summed E-state index contributed by atoms with van der Waals surface area (Å²) in [4.78, 5) is 23.4. The zero-order valence-corrected chi connectivity index (χ0v) is 14.6. The number of carbonyl (C=O) groups excluding carboxylic acids is 2. The number of nitrogens with zero attached hydrogens (tertiary/aromatic N) is 1. The molecule has 0 spiro atoms. The lowest BCUT2D eigenvalue weighted by molar-refractivity contribution is -0.142. The van der Waals surface area contributed by atoms with Gasteiger partial charge >= 0.3 is 5.97 Å². The van der Waals surface area contributed by atoms with Crippen LogP contribution in [0.25, 0.3) is 6.08 Å². The van der Waals surface area contributed by atoms with Crippen molar-refractivity contribution in [2.75, 3.05) is 18.5 Å². The molecule has 7 heteroatoms. The maximum atomic E-state index is 13.4. The molecule has 0 fully saturated rings. The molecule has 0 unspecified atom stereocenters. The number of ether oxygens (including phenoxy) is 2. The summed E-state index contributed by atoms with van der Waals surface area (Å²) < 4.78 is 23.4. The molecule has 0 atom stereocenters. The van der Waals surface area contributed by atoms with Gasteiger partial charge in [0.2, 0.25) is 0 Å². The number of hydrogen-bond donors (Lipinski definition) is 1. The van der Waals surface area contributed by atoms with Crippen molar-refractivity contribution in [3.05, 3.63) is 65.5 Å². The predicted octanol–water partition coefficient (Wildman–Crippen LogP) is 3.23. The zero-order chi connectivity index (χ0) is 19.6. The van der Waals surface area contributed by atoms with Gasteiger partial charge in [-0.1, -0.05) is 18.2 Å². The molecule has 2 aromatic carbocycles. The first-order valence-corrected chi connectivity index (χ1v) is 7.98. The Labute approximate surface area is 155 Å². The third kappa shape index (κ3) is 6.63. The Morgan fingerprint density at radius 3 is 2.63 bits per heavy atom. The van der Waals surface area contributed by atoms with Crippen LogP contribution in [0.3, 0.4) is 0 Å². The number of esters is 1. The fourth-order valence-corrected chi connectivity index (χ4v) is 2.01. The molecule has 0 radical (unpaired) electrons. The second kappa shape index (κ2) is 9.73. The zero-order valence-electron chi connectivity index (χ0n) is 14.6. The molecule has 1 N–H and O–H groups in total. The van der Waals surface area contributed by atoms with Gasteiger partial charge in [-0.3, -0.25) is 4.79 Å². The summed E-state index contributed by atoms with van der Waals surface area (Å²) in [5.41, 5.74) is 1.47. The van der Waals surface area contributed by atoms with E-state index in [2.05, 4.69) is 5.32 Å². The summed E-state index contributed by atoms with van der Waals surface area (Å²) in [6.07, 6.45) is 2.70. The second-order valence-corrected chi connectivity index (χ2v) is 5.47. The average molecular weight is 368 g/mol. The molecule has 0 aliphatic carbocycles. The molecule has 1 amide bonds. The fourth-order valence-electron chi connectivity index (χ4n) is 2.01. The first-order chi connectivity index (χ1) is 13.0. The van der Waals surface area contributed by atoms with Gasteiger partial charge in [0, 0.05) is 11.8 Å². The Hall–Kier alpha value is -3.66. The molecule has 6 nitrogen and oxygen atoms in total. The van der Waals surface area contributed by atoms with Gasteiger partial charge in [0.25, 0.3) is 5.91 Å². The Kier molecular flexibility index (Phi) is 7.08. The molecule has 2 aromatic rings. The monoisotopic (exact) mass is 368 g/mol. The third-order valence-electron chi connectivity index (χ3n) is 3.40. The largest absolute Gasteiger partial charge is 0.479 e. The number of nitrogens with one attached hydrogen (secondary N) is 1. The van der Waals surface area contributed by atoms with Crippen molar-refractivity contribution in [3.63, 3.8) is 0 Å². The van der Waals surface area contributed by atoms with E-state index in [1.807, 2.05) is 6.07 Å². The van der Waals surface area contributed by atoms with Crippen LogP contribution in [0.4, 0.5) is 10.1 Å². The normalized spacial score (nSPS) is 10.3. The molecule has 0 aromatic heterocycles. The summed E-state index contributed by atoms with van der Waals surface area (Å²) in [7, 11) is 0. The second-order valence-electron chi connectivity index (χ2n) is 5.47. The number of rotatable bonds is 7. The lowest BCUT2D eigenvalue weighted by Crippen LogP contribution is -2.20. The summed E-state index contributed by atoms with van der Waals surface area (Å²) in [5.74, 6) is -1.15. The van der Waals surface area contributed by atoms with E-state index in [-0.39, 0.29) is 12.3 Å². The average Bonchev–Trinajstić information content (AvgIpc) is 2.67. The van der Waals surface area contributed by atoms with Crippen LogP contribution in [-0.2, 0) is 14.3 Å². The minimum atomic E-state index is -0.690. The quantitative estimate of drug-likeness (QED) is 0.599. The molecule has 0 aliphatic rings. The van der Waals surface area contributed by atoms with Gasteiger partial charge in [0.1, 0.15) is 17.6 Å². The molecule has 0 heterocycles. The Balaban J connectivity index is 1.79. The van der Waals surface area contributed by atoms with Crippen molar-refractivity contribution < 1.29 is 23.5 Å². The Morgan fingerprint density at radius 1 is 1.22 bits per heavy atom. The molecule has 2 rings (SSSR count). The van der Waals surface area contributed by atoms with Crippen LogP contribution in [0.5, 0.6) is 5.75 Å². The van der Waals surface area contributed by atoms with Crippen LogP contribution in [0.15, 0.2) is 48.5 Å². The highest BCUT2D eigenvalue weighted by atomic mass is 19.1. The minimum absolute atomic E-state index is 0.0429. The highest BCUT2D eigenvalue weighted by Gasteiger charge is 2.07. The summed E-state index contributed by atoms with van der Waals surface area (Å²) >= 11 is 0. The molecule has 138 valence electrons. The Morgan fingerprint density at radius 2 is 1.96 bits per heavy atom. The van der Waals surface area contributed by atoms with E-state index in [1.165, 1.54) is 24.3 Å². The van der Waals surface area contributed by atoms with Crippen molar-refractivity contribution in [3.8, 4) is 11.8 Å². The predicted molar refractivity (Wildman–Crippen MR) is 97.3 cm³/mol. The van der Waals surface area contributed by atoms with Crippen LogP contribution >= 0.6 is 0 Å². The van der Waals surface area contributed by atoms with E-state index in [0.717, 1.165) is 5.56 Å². The summed E-state index contributed by atoms with van der Waals surface area (Å²) in [6, 6.07) is 12.9. The molecular formula is C20H17FN2O4. The van der Waals surface area contributed by atoms with Gasteiger partial charge in [0.15, 0.2) is 13.2 Å². The van der Waals surface area contributed by atoms with E-state index in [0.29, 0.717) is 11.3 Å². The van der Waals surface area contributed by atoms with Crippen molar-refractivity contribution in [1.29, 1.82) is 5.26 Å². The standard InChI is InChI=1S/C20H17FN2O4/c1-14-2-6-16(12-18(14)21)23-19(24)13-27-20(25)9-5-15-3-7-17(8-4-15)26-11-10-22/h2-9,12H,11,13H2,1H3,(H,23,24)/b9-5+. The number of anilines is 1. The first-order valence-electron chi connectivity index (χ1n) is 7.98. The van der Waals surface area contributed by atoms with E-state index in [4.69, 9.17) is 14.7 Å². The van der Waals surface area contributed by atoms with Crippen LogP contribution in [-0.4, -0.2) is 25.1 Å². The van der Waals surface area contributed by atoms with E-state index >= 15 is 0 Å². The molecule has 0 bridgehead atoms. The SMILES string of the molecule is Cc1ccc(NC(=O)COC(=O)/C=C/c2ccc(OCC#N)cc2)cc1F. The van der Waals surface area contributed by atoms with Gasteiger partial charge in [-0.15, -0.1) is 0 Å². The van der Waals surface area contributed by atoms with Crippen molar-refractivity contribution in [2.45, 2.75) is 6.92 Å². The maximum absolute atomic E-state index is 13.4. The number of halogens is 1. The van der Waals surface area contributed by atoms with Crippen LogP contribution in [0.2, 0.25) is 0 Å². The number of carbonyl (C=O) groups is 2. The van der Waals surface area contributed by atoms with Crippen molar-refractivity contribution >= 4 is 23.6 Å². The highest BCUT2D eigenvalue weighted by Crippen LogP contribution is 2.14. The number of amides is 1. The van der Waals surface area contributed by atoms with Crippen LogP contribution in [0.1, 0.15) is 11.1 Å². The van der Waals surface area contributed by atoms with E-state index in [9.17, 15) is 14.0 Å². The van der Waals surface area contributed by atoms with Gasteiger partial charge in [-0.2, -0.15) is 5.26 Å². The van der Waals surface area contributed by atoms with E-state index in [1.54, 1.807) is 37.3 Å². The van der Waals surface area contributed by atoms with Gasteiger partial charge in [-0.05, 0) is 48.4 Å². The van der Waals surface area contributed by atoms with Gasteiger partial charge < -0.3 is 14.8 Å². The molecular weight excluding hydrogens is 351 g/mol. The fraction of sp³-hybridized carbons (Fsp3) is 0.150. The number of aryl methyl sites for hydroxylation is 1. The molecule has 0 saturated heterocycles. The lowest BCUT2D eigenvalue weighted by atomic mass is 10.2. The number of hydrogen-bond acceptors (Lipinski definition) is 5. The highest BCUT2D eigenvalue weighted by molar-refractivity contribution is 5.94. The minimum Gasteiger partial charge on any atom is -0.479 e. The smallest absolute Gasteiger partial charge is 0.331 e. The van der Waals surface area contributed by atoms with Crippen molar-refractivity contribution in [1.82, 2.24) is 0 Å². The molecule has 0 aliphatic heterocycles. The van der Waals surface area contributed by atoms with Gasteiger partial charge in [0.05, 0.1) is 0 Å². The third-order valence-corrected chi connectivity index (χ3v) is 3.40. The number of nitriles is 1. The van der Waals surface area contributed by atoms with Crippen LogP contribution < -0.4 is 10.1 Å². The maximum Gasteiger partial charge on any atom is 0.331 e. The summed E-state index contributed by atoms with van der Waals surface area (Å²) in [6.45, 7) is 1.08. The Bertz CT molecular complexity index is 886. The van der Waals surface area contributed by atoms with Crippen LogP contribution in [0, 0.1) is 24.1 Å². The first kappa shape index (κ1) is 19.7. The van der Waals surface area contributed by atoms with Gasteiger partial charge in [-0.25, -0.2) is 9.18 Å². The van der Waals surface area contributed by atoms with Crippen molar-refractivity contribution in [2.24, 2.45) is 0 Å². The topological polar surface area (TPSA) is 88.4 Å². The molecule has 0 saturated carbocycles. The lowest BCUT2D eigenvalue weighted by Gasteiger charge is -2.06. The molecule has 27 heavy (non-hydrogen) atoms. The number of benzene rings is 2. The van der Waals surface area contributed by atoms with E-state index < -0.39 is 24.3 Å². The summed E-state index contributed by atoms with van der Waals surface area (Å²) in [5, 5.41) is 10.9.